The van der Waals surface area contributed by atoms with E-state index in [2.05, 4.69) is 19.2 Å². The Morgan fingerprint density at radius 2 is 1.67 bits per heavy atom. The van der Waals surface area contributed by atoms with Crippen LogP contribution in [0.3, 0.4) is 0 Å². The summed E-state index contributed by atoms with van der Waals surface area (Å²) in [5.41, 5.74) is 3.91. The van der Waals surface area contributed by atoms with Gasteiger partial charge in [-0.3, -0.25) is 9.59 Å². The van der Waals surface area contributed by atoms with E-state index in [0.717, 1.165) is 5.56 Å². The van der Waals surface area contributed by atoms with Gasteiger partial charge in [0.05, 0.1) is 6.54 Å². The predicted molar refractivity (Wildman–Crippen MR) is 109 cm³/mol. The van der Waals surface area contributed by atoms with E-state index in [9.17, 15) is 9.59 Å². The van der Waals surface area contributed by atoms with E-state index in [1.54, 1.807) is 22.9 Å². The number of carbonyl (C=O) groups is 1. The van der Waals surface area contributed by atoms with Crippen molar-refractivity contribution in [2.75, 3.05) is 5.32 Å². The molecular weight excluding hydrogens is 336 g/mol. The van der Waals surface area contributed by atoms with Crippen LogP contribution in [-0.2, 0) is 6.54 Å². The number of pyridine rings is 1. The van der Waals surface area contributed by atoms with Crippen LogP contribution in [0.25, 0.3) is 0 Å². The van der Waals surface area contributed by atoms with Crippen LogP contribution >= 0.6 is 0 Å². The molecule has 0 fully saturated rings. The zero-order chi connectivity index (χ0) is 19.4. The molecule has 0 aliphatic heterocycles. The van der Waals surface area contributed by atoms with Gasteiger partial charge in [-0.05, 0) is 48.2 Å². The Balaban J connectivity index is 1.79. The Morgan fingerprint density at radius 1 is 1.00 bits per heavy atom. The molecule has 0 spiro atoms. The molecule has 0 aliphatic rings. The van der Waals surface area contributed by atoms with E-state index in [1.807, 2.05) is 55.5 Å². The van der Waals surface area contributed by atoms with Crippen molar-refractivity contribution in [2.45, 2.75) is 33.2 Å². The smallest absolute Gasteiger partial charge is 0.263 e. The Morgan fingerprint density at radius 3 is 2.30 bits per heavy atom. The topological polar surface area (TPSA) is 51.1 Å². The van der Waals surface area contributed by atoms with Crippen molar-refractivity contribution in [3.05, 3.63) is 99.5 Å². The number of aryl methyl sites for hydroxylation is 1. The van der Waals surface area contributed by atoms with E-state index in [4.69, 9.17) is 0 Å². The second-order valence-corrected chi connectivity index (χ2v) is 7.07. The van der Waals surface area contributed by atoms with Crippen molar-refractivity contribution in [2.24, 2.45) is 0 Å². The summed E-state index contributed by atoms with van der Waals surface area (Å²) in [6, 6.07) is 19.0. The maximum absolute atomic E-state index is 12.7. The number of amides is 1. The molecule has 138 valence electrons. The van der Waals surface area contributed by atoms with Gasteiger partial charge >= 0.3 is 0 Å². The lowest BCUT2D eigenvalue weighted by Gasteiger charge is -2.10. The Hall–Kier alpha value is -3.14. The highest BCUT2D eigenvalue weighted by Crippen LogP contribution is 2.17. The third-order valence-corrected chi connectivity index (χ3v) is 4.57. The maximum Gasteiger partial charge on any atom is 0.263 e. The van der Waals surface area contributed by atoms with Gasteiger partial charge in [0.25, 0.3) is 11.5 Å². The molecule has 0 radical (unpaired) electrons. The summed E-state index contributed by atoms with van der Waals surface area (Å²) in [5, 5.41) is 2.81. The van der Waals surface area contributed by atoms with Gasteiger partial charge < -0.3 is 9.88 Å². The summed E-state index contributed by atoms with van der Waals surface area (Å²) in [6.45, 7) is 6.69. The standard InChI is InChI=1S/C23H24N2O2/c1-16(2)19-10-12-20(13-11-19)24-22(26)21-5-4-14-25(23(21)27)15-18-8-6-17(3)7-9-18/h4-14,16H,15H2,1-3H3,(H,24,26). The van der Waals surface area contributed by atoms with Gasteiger partial charge in [0.15, 0.2) is 0 Å². The fraction of sp³-hybridized carbons (Fsp3) is 0.217. The van der Waals surface area contributed by atoms with Crippen molar-refractivity contribution in [3.63, 3.8) is 0 Å². The van der Waals surface area contributed by atoms with Gasteiger partial charge in [-0.1, -0.05) is 55.8 Å². The fourth-order valence-corrected chi connectivity index (χ4v) is 2.87. The van der Waals surface area contributed by atoms with Gasteiger partial charge in [-0.25, -0.2) is 0 Å². The monoisotopic (exact) mass is 360 g/mol. The van der Waals surface area contributed by atoms with E-state index >= 15 is 0 Å². The lowest BCUT2D eigenvalue weighted by molar-refractivity contribution is 0.102. The summed E-state index contributed by atoms with van der Waals surface area (Å²) < 4.78 is 1.56. The summed E-state index contributed by atoms with van der Waals surface area (Å²) in [5.74, 6) is 0.0356. The van der Waals surface area contributed by atoms with Crippen LogP contribution in [0.4, 0.5) is 5.69 Å². The van der Waals surface area contributed by atoms with Crippen LogP contribution < -0.4 is 10.9 Å². The van der Waals surface area contributed by atoms with Gasteiger partial charge in [0, 0.05) is 11.9 Å². The van der Waals surface area contributed by atoms with Gasteiger partial charge in [-0.2, -0.15) is 0 Å². The molecule has 1 heterocycles. The molecule has 3 rings (SSSR count). The molecule has 4 nitrogen and oxygen atoms in total. The molecule has 2 aromatic carbocycles. The highest BCUT2D eigenvalue weighted by Gasteiger charge is 2.13. The second-order valence-electron chi connectivity index (χ2n) is 7.07. The summed E-state index contributed by atoms with van der Waals surface area (Å²) in [6.07, 6.45) is 1.70. The number of anilines is 1. The van der Waals surface area contributed by atoms with Crippen molar-refractivity contribution < 1.29 is 4.79 Å². The molecule has 0 aliphatic carbocycles. The largest absolute Gasteiger partial charge is 0.322 e. The molecule has 0 saturated carbocycles. The first-order valence-electron chi connectivity index (χ1n) is 9.10. The van der Waals surface area contributed by atoms with Gasteiger partial charge in [0.1, 0.15) is 5.56 Å². The lowest BCUT2D eigenvalue weighted by Crippen LogP contribution is -2.29. The first-order valence-corrected chi connectivity index (χ1v) is 9.10. The molecule has 0 saturated heterocycles. The van der Waals surface area contributed by atoms with Crippen LogP contribution in [0.1, 0.15) is 46.8 Å². The predicted octanol–water partition coefficient (Wildman–Crippen LogP) is 4.58. The number of benzene rings is 2. The number of rotatable bonds is 5. The fourth-order valence-electron chi connectivity index (χ4n) is 2.87. The average Bonchev–Trinajstić information content (AvgIpc) is 2.65. The average molecular weight is 360 g/mol. The third kappa shape index (κ3) is 4.53. The van der Waals surface area contributed by atoms with Gasteiger partial charge in [0.2, 0.25) is 0 Å². The van der Waals surface area contributed by atoms with Crippen LogP contribution in [0.15, 0.2) is 71.7 Å². The minimum absolute atomic E-state index is 0.137. The van der Waals surface area contributed by atoms with Crippen LogP contribution in [0, 0.1) is 6.92 Å². The summed E-state index contributed by atoms with van der Waals surface area (Å²) >= 11 is 0. The molecule has 0 unspecified atom stereocenters. The lowest BCUT2D eigenvalue weighted by atomic mass is 10.0. The molecule has 1 amide bonds. The quantitative estimate of drug-likeness (QED) is 0.724. The van der Waals surface area contributed by atoms with Crippen molar-refractivity contribution >= 4 is 11.6 Å². The minimum atomic E-state index is -0.393. The molecule has 4 heteroatoms. The summed E-state index contributed by atoms with van der Waals surface area (Å²) in [4.78, 5) is 25.3. The van der Waals surface area contributed by atoms with E-state index in [-0.39, 0.29) is 11.1 Å². The first-order chi connectivity index (χ1) is 12.9. The number of nitrogens with zero attached hydrogens (tertiary/aromatic N) is 1. The van der Waals surface area contributed by atoms with E-state index < -0.39 is 5.91 Å². The number of hydrogen-bond acceptors (Lipinski definition) is 2. The Labute approximate surface area is 159 Å². The molecule has 1 N–H and O–H groups in total. The zero-order valence-corrected chi connectivity index (χ0v) is 15.9. The number of hydrogen-bond donors (Lipinski definition) is 1. The van der Waals surface area contributed by atoms with Crippen molar-refractivity contribution in [1.29, 1.82) is 0 Å². The third-order valence-electron chi connectivity index (χ3n) is 4.57. The van der Waals surface area contributed by atoms with E-state index in [0.29, 0.717) is 18.2 Å². The van der Waals surface area contributed by atoms with Crippen molar-refractivity contribution in [1.82, 2.24) is 4.57 Å². The highest BCUT2D eigenvalue weighted by atomic mass is 16.2. The maximum atomic E-state index is 12.7. The van der Waals surface area contributed by atoms with Crippen molar-refractivity contribution in [3.8, 4) is 0 Å². The highest BCUT2D eigenvalue weighted by molar-refractivity contribution is 6.03. The van der Waals surface area contributed by atoms with Crippen LogP contribution in [0.2, 0.25) is 0 Å². The normalized spacial score (nSPS) is 10.8. The van der Waals surface area contributed by atoms with Crippen LogP contribution in [-0.4, -0.2) is 10.5 Å². The second kappa shape index (κ2) is 8.04. The molecular formula is C23H24N2O2. The zero-order valence-electron chi connectivity index (χ0n) is 15.9. The molecule has 27 heavy (non-hydrogen) atoms. The van der Waals surface area contributed by atoms with Crippen LogP contribution in [0.5, 0.6) is 0 Å². The molecule has 3 aromatic rings. The molecule has 1 aromatic heterocycles. The Kier molecular flexibility index (Phi) is 5.55. The minimum Gasteiger partial charge on any atom is -0.322 e. The van der Waals surface area contributed by atoms with E-state index in [1.165, 1.54) is 11.1 Å². The number of aromatic nitrogens is 1. The molecule has 0 bridgehead atoms. The first kappa shape index (κ1) is 18.6. The van der Waals surface area contributed by atoms with Gasteiger partial charge in [-0.15, -0.1) is 0 Å². The summed E-state index contributed by atoms with van der Waals surface area (Å²) in [7, 11) is 0. The number of carbonyl (C=O) groups excluding carboxylic acids is 1. The number of nitrogens with one attached hydrogen (secondary N) is 1. The SMILES string of the molecule is Cc1ccc(Cn2cccc(C(=O)Nc3ccc(C(C)C)cc3)c2=O)cc1. The molecule has 0 atom stereocenters. The Bertz CT molecular complexity index is 984.